The Morgan fingerprint density at radius 2 is 2.00 bits per heavy atom. The maximum atomic E-state index is 13.5. The van der Waals surface area contributed by atoms with Gasteiger partial charge in [-0.25, -0.2) is 9.18 Å². The second-order valence-electron chi connectivity index (χ2n) is 4.15. The van der Waals surface area contributed by atoms with Gasteiger partial charge in [0.25, 0.3) is 0 Å². The number of halogens is 2. The molecule has 19 heavy (non-hydrogen) atoms. The third-order valence-corrected chi connectivity index (χ3v) is 3.03. The van der Waals surface area contributed by atoms with E-state index in [1.807, 2.05) is 0 Å². The molecule has 98 valence electrons. The molecule has 0 atom stereocenters. The van der Waals surface area contributed by atoms with E-state index in [4.69, 9.17) is 16.3 Å². The van der Waals surface area contributed by atoms with Gasteiger partial charge in [0, 0.05) is 10.6 Å². The number of carbonyl (C=O) groups excluding carboxylic acids is 1. The van der Waals surface area contributed by atoms with Gasteiger partial charge < -0.3 is 4.74 Å². The van der Waals surface area contributed by atoms with Gasteiger partial charge in [-0.3, -0.25) is 0 Å². The molecule has 2 nitrogen and oxygen atoms in total. The lowest BCUT2D eigenvalue weighted by molar-refractivity contribution is 0.0467. The molecule has 0 aliphatic heterocycles. The van der Waals surface area contributed by atoms with Crippen molar-refractivity contribution in [2.24, 2.45) is 0 Å². The molecule has 0 aliphatic rings. The summed E-state index contributed by atoms with van der Waals surface area (Å²) in [6.07, 6.45) is 0. The topological polar surface area (TPSA) is 26.3 Å². The van der Waals surface area contributed by atoms with Crippen molar-refractivity contribution in [3.05, 3.63) is 70.0 Å². The molecule has 0 aromatic heterocycles. The van der Waals surface area contributed by atoms with E-state index < -0.39 is 11.8 Å². The molecular formula is C15H12ClFO2. The third kappa shape index (κ3) is 3.32. The Morgan fingerprint density at radius 1 is 1.26 bits per heavy atom. The van der Waals surface area contributed by atoms with Crippen LogP contribution in [0.1, 0.15) is 21.5 Å². The lowest BCUT2D eigenvalue weighted by Crippen LogP contribution is -2.08. The zero-order chi connectivity index (χ0) is 13.8. The Hall–Kier alpha value is -1.87. The number of hydrogen-bond donors (Lipinski definition) is 0. The normalized spacial score (nSPS) is 10.3. The summed E-state index contributed by atoms with van der Waals surface area (Å²) in [5, 5.41) is 0.514. The van der Waals surface area contributed by atoms with E-state index in [-0.39, 0.29) is 12.2 Å². The van der Waals surface area contributed by atoms with Gasteiger partial charge >= 0.3 is 5.97 Å². The lowest BCUT2D eigenvalue weighted by Gasteiger charge is -2.07. The van der Waals surface area contributed by atoms with Crippen LogP contribution in [0.25, 0.3) is 0 Å². The smallest absolute Gasteiger partial charge is 0.341 e. The van der Waals surface area contributed by atoms with Crippen molar-refractivity contribution in [1.82, 2.24) is 0 Å². The van der Waals surface area contributed by atoms with Gasteiger partial charge in [0.1, 0.15) is 12.4 Å². The van der Waals surface area contributed by atoms with Crippen LogP contribution in [-0.2, 0) is 11.3 Å². The minimum absolute atomic E-state index is 0.0197. The van der Waals surface area contributed by atoms with Gasteiger partial charge in [-0.05, 0) is 25.1 Å². The lowest BCUT2D eigenvalue weighted by atomic mass is 10.1. The van der Waals surface area contributed by atoms with Crippen molar-refractivity contribution < 1.29 is 13.9 Å². The van der Waals surface area contributed by atoms with E-state index in [2.05, 4.69) is 0 Å². The molecule has 0 aliphatic carbocycles. The number of ether oxygens (including phenoxy) is 1. The number of hydrogen-bond acceptors (Lipinski definition) is 2. The predicted molar refractivity (Wildman–Crippen MR) is 71.7 cm³/mol. The van der Waals surface area contributed by atoms with Crippen LogP contribution in [0.5, 0.6) is 0 Å². The average Bonchev–Trinajstić information content (AvgIpc) is 2.40. The highest BCUT2D eigenvalue weighted by molar-refractivity contribution is 6.31. The Balaban J connectivity index is 2.10. The maximum absolute atomic E-state index is 13.5. The van der Waals surface area contributed by atoms with Gasteiger partial charge in [-0.2, -0.15) is 0 Å². The number of aryl methyl sites for hydroxylation is 1. The van der Waals surface area contributed by atoms with E-state index in [0.717, 1.165) is 5.56 Å². The van der Waals surface area contributed by atoms with Crippen LogP contribution in [0.3, 0.4) is 0 Å². The van der Waals surface area contributed by atoms with Gasteiger partial charge in [-0.1, -0.05) is 41.4 Å². The van der Waals surface area contributed by atoms with Crippen molar-refractivity contribution in [2.45, 2.75) is 13.5 Å². The highest BCUT2D eigenvalue weighted by Crippen LogP contribution is 2.17. The largest absolute Gasteiger partial charge is 0.457 e. The molecule has 2 aromatic rings. The molecule has 0 amide bonds. The quantitative estimate of drug-likeness (QED) is 0.789. The Kier molecular flexibility index (Phi) is 4.17. The van der Waals surface area contributed by atoms with Crippen molar-refractivity contribution >= 4 is 17.6 Å². The van der Waals surface area contributed by atoms with Crippen molar-refractivity contribution in [1.29, 1.82) is 0 Å². The molecule has 0 saturated heterocycles. The highest BCUT2D eigenvalue weighted by Gasteiger charge is 2.13. The number of rotatable bonds is 3. The summed E-state index contributed by atoms with van der Waals surface area (Å²) < 4.78 is 18.6. The molecule has 0 radical (unpaired) electrons. The fourth-order valence-electron chi connectivity index (χ4n) is 1.63. The molecule has 0 heterocycles. The first-order valence-corrected chi connectivity index (χ1v) is 6.12. The first kappa shape index (κ1) is 13.6. The molecule has 0 fully saturated rings. The minimum atomic E-state index is -0.693. The highest BCUT2D eigenvalue weighted by atomic mass is 35.5. The van der Waals surface area contributed by atoms with E-state index in [0.29, 0.717) is 10.6 Å². The zero-order valence-corrected chi connectivity index (χ0v) is 11.1. The second-order valence-corrected chi connectivity index (χ2v) is 4.56. The summed E-state index contributed by atoms with van der Waals surface area (Å²) in [5.74, 6) is -1.28. The molecular weight excluding hydrogens is 267 g/mol. The summed E-state index contributed by atoms with van der Waals surface area (Å²) in [5.41, 5.74) is 1.42. The first-order valence-electron chi connectivity index (χ1n) is 5.74. The van der Waals surface area contributed by atoms with Gasteiger partial charge in [-0.15, -0.1) is 0 Å². The van der Waals surface area contributed by atoms with Crippen LogP contribution < -0.4 is 0 Å². The first-order chi connectivity index (χ1) is 9.08. The molecule has 4 heteroatoms. The number of carbonyl (C=O) groups is 1. The van der Waals surface area contributed by atoms with Gasteiger partial charge in [0.05, 0.1) is 5.56 Å². The zero-order valence-electron chi connectivity index (χ0n) is 10.3. The molecule has 0 saturated carbocycles. The van der Waals surface area contributed by atoms with Crippen LogP contribution in [0.15, 0.2) is 42.5 Å². The minimum Gasteiger partial charge on any atom is -0.457 e. The third-order valence-electron chi connectivity index (χ3n) is 2.66. The fourth-order valence-corrected chi connectivity index (χ4v) is 1.82. The van der Waals surface area contributed by atoms with E-state index in [9.17, 15) is 9.18 Å². The molecule has 2 aromatic carbocycles. The van der Waals surface area contributed by atoms with Crippen molar-refractivity contribution in [3.8, 4) is 0 Å². The van der Waals surface area contributed by atoms with Crippen LogP contribution in [-0.4, -0.2) is 5.97 Å². The van der Waals surface area contributed by atoms with Crippen LogP contribution in [0, 0.1) is 12.7 Å². The Morgan fingerprint density at radius 3 is 2.74 bits per heavy atom. The van der Waals surface area contributed by atoms with Gasteiger partial charge in [0.2, 0.25) is 0 Å². The fraction of sp³-hybridized carbons (Fsp3) is 0.133. The summed E-state index contributed by atoms with van der Waals surface area (Å²) in [7, 11) is 0. The average molecular weight is 279 g/mol. The Labute approximate surface area is 115 Å². The number of benzene rings is 2. The summed E-state index contributed by atoms with van der Waals surface area (Å²) in [4.78, 5) is 11.8. The summed E-state index contributed by atoms with van der Waals surface area (Å²) in [6, 6.07) is 11.3. The Bertz CT molecular complexity index is 611. The molecule has 0 spiro atoms. The molecule has 0 bridgehead atoms. The number of esters is 1. The predicted octanol–water partition coefficient (Wildman–Crippen LogP) is 4.14. The van der Waals surface area contributed by atoms with Crippen molar-refractivity contribution in [3.63, 3.8) is 0 Å². The summed E-state index contributed by atoms with van der Waals surface area (Å²) in [6.45, 7) is 1.80. The molecule has 0 N–H and O–H groups in total. The second kappa shape index (κ2) is 5.85. The molecule has 2 rings (SSSR count). The van der Waals surface area contributed by atoms with E-state index >= 15 is 0 Å². The van der Waals surface area contributed by atoms with Crippen LogP contribution >= 0.6 is 11.6 Å². The van der Waals surface area contributed by atoms with E-state index in [1.54, 1.807) is 37.3 Å². The van der Waals surface area contributed by atoms with Crippen LogP contribution in [0.2, 0.25) is 5.02 Å². The monoisotopic (exact) mass is 278 g/mol. The standard InChI is InChI=1S/C15H12ClFO2/c1-10-6-7-14(17)12(8-10)15(18)19-9-11-4-2-3-5-13(11)16/h2-8H,9H2,1H3. The van der Waals surface area contributed by atoms with Gasteiger partial charge in [0.15, 0.2) is 0 Å². The SMILES string of the molecule is Cc1ccc(F)c(C(=O)OCc2ccccc2Cl)c1. The summed E-state index contributed by atoms with van der Waals surface area (Å²) >= 11 is 5.94. The van der Waals surface area contributed by atoms with Crippen molar-refractivity contribution in [2.75, 3.05) is 0 Å². The van der Waals surface area contributed by atoms with Crippen LogP contribution in [0.4, 0.5) is 4.39 Å². The maximum Gasteiger partial charge on any atom is 0.341 e. The molecule has 0 unspecified atom stereocenters. The van der Waals surface area contributed by atoms with E-state index in [1.165, 1.54) is 12.1 Å².